The molecule has 0 aromatic heterocycles. The van der Waals surface area contributed by atoms with Crippen LogP contribution in [0.15, 0.2) is 24.8 Å². The summed E-state index contributed by atoms with van der Waals surface area (Å²) in [6.07, 6.45) is 2.62. The van der Waals surface area contributed by atoms with E-state index < -0.39 is 30.5 Å². The summed E-state index contributed by atoms with van der Waals surface area (Å²) in [6.45, 7) is 6.09. The van der Waals surface area contributed by atoms with Gasteiger partial charge in [0.15, 0.2) is 6.61 Å². The third-order valence-corrected chi connectivity index (χ3v) is 4.98. The number of carboxylic acids is 1. The van der Waals surface area contributed by atoms with Gasteiger partial charge in [-0.2, -0.15) is 0 Å². The van der Waals surface area contributed by atoms with Gasteiger partial charge in [0.1, 0.15) is 11.9 Å². The van der Waals surface area contributed by atoms with Crippen molar-refractivity contribution in [3.63, 3.8) is 0 Å². The molecule has 0 amide bonds. The Hall–Kier alpha value is -3.16. The van der Waals surface area contributed by atoms with E-state index in [9.17, 15) is 19.2 Å². The summed E-state index contributed by atoms with van der Waals surface area (Å²) >= 11 is 0. The monoisotopic (exact) mass is 404 g/mol. The van der Waals surface area contributed by atoms with Crippen LogP contribution in [0.5, 0.6) is 5.75 Å². The molecule has 0 heterocycles. The van der Waals surface area contributed by atoms with Gasteiger partial charge in [0.2, 0.25) is 0 Å². The van der Waals surface area contributed by atoms with E-state index in [1.54, 1.807) is 13.8 Å². The van der Waals surface area contributed by atoms with Gasteiger partial charge in [0.25, 0.3) is 0 Å². The topological polar surface area (TPSA) is 116 Å². The summed E-state index contributed by atoms with van der Waals surface area (Å²) in [7, 11) is 0. The van der Waals surface area contributed by atoms with E-state index in [0.717, 1.165) is 6.08 Å². The number of aliphatic carboxylic acids is 1. The molecule has 1 fully saturated rings. The predicted molar refractivity (Wildman–Crippen MR) is 102 cm³/mol. The highest BCUT2D eigenvalue weighted by molar-refractivity contribution is 5.92. The van der Waals surface area contributed by atoms with Crippen molar-refractivity contribution in [1.82, 2.24) is 0 Å². The van der Waals surface area contributed by atoms with Crippen LogP contribution in [0.2, 0.25) is 0 Å². The molecule has 1 N–H and O–H groups in total. The summed E-state index contributed by atoms with van der Waals surface area (Å²) < 4.78 is 15.3. The van der Waals surface area contributed by atoms with Gasteiger partial charge in [-0.15, -0.1) is 0 Å². The molecule has 1 aromatic carbocycles. The first-order valence-electron chi connectivity index (χ1n) is 9.26. The number of carboxylic acid groups (broad SMARTS) is 1. The summed E-state index contributed by atoms with van der Waals surface area (Å²) in [4.78, 5) is 46.3. The van der Waals surface area contributed by atoms with Crippen LogP contribution in [0.1, 0.15) is 47.2 Å². The molecular formula is C21H24O8. The lowest BCUT2D eigenvalue weighted by Gasteiger charge is -2.26. The lowest BCUT2D eigenvalue weighted by Crippen LogP contribution is -2.28. The number of esters is 3. The van der Waals surface area contributed by atoms with Crippen LogP contribution >= 0.6 is 0 Å². The minimum Gasteiger partial charge on any atom is -0.481 e. The van der Waals surface area contributed by atoms with Gasteiger partial charge < -0.3 is 19.3 Å². The second kappa shape index (κ2) is 9.86. The Bertz CT molecular complexity index is 818. The molecule has 0 bridgehead atoms. The Balaban J connectivity index is 1.98. The molecule has 0 radical (unpaired) electrons. The van der Waals surface area contributed by atoms with Crippen LogP contribution in [-0.4, -0.2) is 41.7 Å². The van der Waals surface area contributed by atoms with Gasteiger partial charge in [-0.25, -0.2) is 14.4 Å². The molecular weight excluding hydrogens is 380 g/mol. The van der Waals surface area contributed by atoms with Crippen LogP contribution in [0.25, 0.3) is 0 Å². The number of hydrogen-bond acceptors (Lipinski definition) is 7. The molecule has 1 aromatic rings. The Labute approximate surface area is 168 Å². The fourth-order valence-electron chi connectivity index (χ4n) is 3.11. The molecule has 0 unspecified atom stereocenters. The quantitative estimate of drug-likeness (QED) is 0.419. The van der Waals surface area contributed by atoms with E-state index in [0.29, 0.717) is 42.4 Å². The average molecular weight is 404 g/mol. The molecule has 156 valence electrons. The zero-order valence-corrected chi connectivity index (χ0v) is 16.4. The summed E-state index contributed by atoms with van der Waals surface area (Å²) in [5, 5.41) is 9.04. The van der Waals surface area contributed by atoms with Crippen molar-refractivity contribution in [2.24, 2.45) is 5.92 Å². The van der Waals surface area contributed by atoms with Crippen molar-refractivity contribution in [2.75, 3.05) is 6.61 Å². The Morgan fingerprint density at radius 1 is 1.10 bits per heavy atom. The molecule has 1 aliphatic carbocycles. The second-order valence-electron chi connectivity index (χ2n) is 6.86. The predicted octanol–water partition coefficient (Wildman–Crippen LogP) is 2.74. The molecule has 2 rings (SSSR count). The first-order valence-corrected chi connectivity index (χ1v) is 9.26. The zero-order chi connectivity index (χ0) is 21.6. The maximum atomic E-state index is 12.5. The molecule has 0 saturated heterocycles. The van der Waals surface area contributed by atoms with Crippen LogP contribution in [0.3, 0.4) is 0 Å². The van der Waals surface area contributed by atoms with Crippen LogP contribution in [0, 0.1) is 19.8 Å². The third kappa shape index (κ3) is 5.91. The fraction of sp³-hybridized carbons (Fsp3) is 0.429. The van der Waals surface area contributed by atoms with E-state index in [2.05, 4.69) is 11.3 Å². The Morgan fingerprint density at radius 2 is 1.76 bits per heavy atom. The number of benzene rings is 1. The van der Waals surface area contributed by atoms with Crippen molar-refractivity contribution in [1.29, 1.82) is 0 Å². The highest BCUT2D eigenvalue weighted by atomic mass is 16.6. The lowest BCUT2D eigenvalue weighted by molar-refractivity contribution is -0.150. The maximum absolute atomic E-state index is 12.5. The number of carbonyl (C=O) groups excluding carboxylic acids is 3. The van der Waals surface area contributed by atoms with Crippen molar-refractivity contribution >= 4 is 23.9 Å². The first kappa shape index (κ1) is 22.1. The normalized spacial score (nSPS) is 18.4. The molecule has 8 nitrogen and oxygen atoms in total. The van der Waals surface area contributed by atoms with Crippen LogP contribution in [0.4, 0.5) is 0 Å². The van der Waals surface area contributed by atoms with Crippen molar-refractivity contribution in [2.45, 2.75) is 45.6 Å². The molecule has 1 aliphatic rings. The minimum absolute atomic E-state index is 0.251. The van der Waals surface area contributed by atoms with E-state index >= 15 is 0 Å². The number of hydrogen-bond donors (Lipinski definition) is 1. The summed E-state index contributed by atoms with van der Waals surface area (Å²) in [5.74, 6) is -2.93. The van der Waals surface area contributed by atoms with E-state index in [1.165, 1.54) is 12.1 Å². The Morgan fingerprint density at radius 3 is 2.34 bits per heavy atom. The smallest absolute Gasteiger partial charge is 0.349 e. The summed E-state index contributed by atoms with van der Waals surface area (Å²) in [5.41, 5.74) is 1.53. The van der Waals surface area contributed by atoms with Crippen molar-refractivity contribution in [3.05, 3.63) is 41.5 Å². The van der Waals surface area contributed by atoms with Gasteiger partial charge in [-0.05, 0) is 62.8 Å². The van der Waals surface area contributed by atoms with Gasteiger partial charge in [-0.3, -0.25) is 4.79 Å². The largest absolute Gasteiger partial charge is 0.481 e. The van der Waals surface area contributed by atoms with Crippen LogP contribution in [-0.2, 0) is 23.9 Å². The number of rotatable bonds is 7. The lowest BCUT2D eigenvalue weighted by atomic mass is 9.87. The minimum atomic E-state index is -0.814. The van der Waals surface area contributed by atoms with Gasteiger partial charge in [0, 0.05) is 6.08 Å². The molecule has 29 heavy (non-hydrogen) atoms. The van der Waals surface area contributed by atoms with Crippen molar-refractivity contribution in [3.8, 4) is 5.75 Å². The molecule has 1 saturated carbocycles. The SMILES string of the molecule is C=CC(=O)OCC(=O)Oc1ccc(C(=O)OC2CCC(C(=O)O)CC2)c(C)c1C. The van der Waals surface area contributed by atoms with E-state index in [-0.39, 0.29) is 17.8 Å². The van der Waals surface area contributed by atoms with Gasteiger partial charge in [0.05, 0.1) is 11.5 Å². The van der Waals surface area contributed by atoms with Gasteiger partial charge >= 0.3 is 23.9 Å². The highest BCUT2D eigenvalue weighted by Crippen LogP contribution is 2.29. The number of carbonyl (C=O) groups is 4. The second-order valence-corrected chi connectivity index (χ2v) is 6.86. The number of ether oxygens (including phenoxy) is 3. The van der Waals surface area contributed by atoms with Crippen molar-refractivity contribution < 1.29 is 38.5 Å². The molecule has 0 spiro atoms. The standard InChI is InChI=1S/C21H24O8/c1-4-18(22)27-11-19(23)29-17-10-9-16(12(2)13(17)3)21(26)28-15-7-5-14(6-8-15)20(24)25/h4,9-10,14-15H,1,5-8,11H2,2-3H3,(H,24,25). The van der Waals surface area contributed by atoms with E-state index in [4.69, 9.17) is 14.6 Å². The third-order valence-electron chi connectivity index (χ3n) is 4.98. The zero-order valence-electron chi connectivity index (χ0n) is 16.4. The van der Waals surface area contributed by atoms with E-state index in [1.807, 2.05) is 0 Å². The molecule has 0 atom stereocenters. The fourth-order valence-corrected chi connectivity index (χ4v) is 3.11. The van der Waals surface area contributed by atoms with Crippen LogP contribution < -0.4 is 4.74 Å². The average Bonchev–Trinajstić information content (AvgIpc) is 2.70. The first-order chi connectivity index (χ1) is 13.7. The highest BCUT2D eigenvalue weighted by Gasteiger charge is 2.28. The Kier molecular flexibility index (Phi) is 7.52. The summed E-state index contributed by atoms with van der Waals surface area (Å²) in [6, 6.07) is 2.99. The molecule has 0 aliphatic heterocycles. The maximum Gasteiger partial charge on any atom is 0.349 e. The van der Waals surface area contributed by atoms with Gasteiger partial charge in [-0.1, -0.05) is 6.58 Å². The molecule has 8 heteroatoms.